The van der Waals surface area contributed by atoms with Crippen molar-refractivity contribution < 1.29 is 4.79 Å². The van der Waals surface area contributed by atoms with Gasteiger partial charge in [-0.05, 0) is 17.4 Å². The maximum atomic E-state index is 11.3. The molecule has 2 rings (SSSR count). The van der Waals surface area contributed by atoms with E-state index in [-0.39, 0.29) is 5.91 Å². The van der Waals surface area contributed by atoms with Crippen molar-refractivity contribution in [1.29, 1.82) is 0 Å². The molecule has 0 radical (unpaired) electrons. The van der Waals surface area contributed by atoms with Gasteiger partial charge in [0.05, 0.1) is 0 Å². The van der Waals surface area contributed by atoms with E-state index in [2.05, 4.69) is 41.6 Å². The van der Waals surface area contributed by atoms with Gasteiger partial charge >= 0.3 is 0 Å². The van der Waals surface area contributed by atoms with E-state index in [1.54, 1.807) is 6.92 Å². The van der Waals surface area contributed by atoms with Crippen molar-refractivity contribution in [3.63, 3.8) is 0 Å². The standard InChI is InChI=1S/C16H27N3OS/c1-13(2)16(15-5-4-12-21-15)17-6-7-18-8-10-19(11-9-18)14(3)20/h4-5,12-13,16-17H,6-11H2,1-3H3/t16-/m1/s1. The Morgan fingerprint density at radius 1 is 1.33 bits per heavy atom. The highest BCUT2D eigenvalue weighted by Gasteiger charge is 2.19. The number of carbonyl (C=O) groups is 1. The van der Waals surface area contributed by atoms with Crippen molar-refractivity contribution in [1.82, 2.24) is 15.1 Å². The average molecular weight is 309 g/mol. The molecule has 118 valence electrons. The van der Waals surface area contributed by atoms with Crippen LogP contribution in [0.4, 0.5) is 0 Å². The van der Waals surface area contributed by atoms with Crippen LogP contribution in [0.2, 0.25) is 0 Å². The quantitative estimate of drug-likeness (QED) is 0.875. The fraction of sp³-hybridized carbons (Fsp3) is 0.688. The van der Waals surface area contributed by atoms with Crippen LogP contribution < -0.4 is 5.32 Å². The van der Waals surface area contributed by atoms with Gasteiger partial charge in [-0.3, -0.25) is 9.69 Å². The number of nitrogens with zero attached hydrogens (tertiary/aromatic N) is 2. The van der Waals surface area contributed by atoms with Gasteiger partial charge in [0.25, 0.3) is 0 Å². The summed E-state index contributed by atoms with van der Waals surface area (Å²) in [5, 5.41) is 5.84. The number of amides is 1. The molecule has 1 aliphatic heterocycles. The molecule has 1 fully saturated rings. The first-order valence-electron chi connectivity index (χ1n) is 7.82. The van der Waals surface area contributed by atoms with E-state index in [9.17, 15) is 4.79 Å². The molecule has 0 unspecified atom stereocenters. The molecule has 0 aromatic carbocycles. The summed E-state index contributed by atoms with van der Waals surface area (Å²) < 4.78 is 0. The molecule has 0 spiro atoms. The first-order valence-corrected chi connectivity index (χ1v) is 8.70. The van der Waals surface area contributed by atoms with Gasteiger partial charge in [0.15, 0.2) is 0 Å². The average Bonchev–Trinajstić information content (AvgIpc) is 2.97. The molecular weight excluding hydrogens is 282 g/mol. The van der Waals surface area contributed by atoms with Gasteiger partial charge in [0, 0.05) is 57.1 Å². The fourth-order valence-corrected chi connectivity index (χ4v) is 3.77. The smallest absolute Gasteiger partial charge is 0.219 e. The second-order valence-electron chi connectivity index (χ2n) is 6.04. The molecule has 0 aliphatic carbocycles. The van der Waals surface area contributed by atoms with E-state index < -0.39 is 0 Å². The number of rotatable bonds is 6. The third-order valence-corrected chi connectivity index (χ3v) is 5.08. The van der Waals surface area contributed by atoms with Gasteiger partial charge in [-0.2, -0.15) is 0 Å². The Morgan fingerprint density at radius 2 is 2.05 bits per heavy atom. The lowest BCUT2D eigenvalue weighted by Crippen LogP contribution is -2.49. The van der Waals surface area contributed by atoms with Crippen molar-refractivity contribution in [2.45, 2.75) is 26.8 Å². The van der Waals surface area contributed by atoms with Crippen LogP contribution in [0.5, 0.6) is 0 Å². The van der Waals surface area contributed by atoms with Gasteiger partial charge in [-0.1, -0.05) is 19.9 Å². The molecule has 0 saturated carbocycles. The summed E-state index contributed by atoms with van der Waals surface area (Å²) in [5.41, 5.74) is 0. The zero-order valence-corrected chi connectivity index (χ0v) is 14.2. The van der Waals surface area contributed by atoms with Gasteiger partial charge in [-0.15, -0.1) is 11.3 Å². The molecule has 21 heavy (non-hydrogen) atoms. The third kappa shape index (κ3) is 4.80. The van der Waals surface area contributed by atoms with Crippen molar-refractivity contribution in [3.8, 4) is 0 Å². The molecule has 1 amide bonds. The molecule has 1 atom stereocenters. The first kappa shape index (κ1) is 16.5. The summed E-state index contributed by atoms with van der Waals surface area (Å²) in [6.45, 7) is 12.0. The largest absolute Gasteiger partial charge is 0.340 e. The van der Waals surface area contributed by atoms with Crippen LogP contribution in [0.25, 0.3) is 0 Å². The highest BCUT2D eigenvalue weighted by molar-refractivity contribution is 7.10. The summed E-state index contributed by atoms with van der Waals surface area (Å²) >= 11 is 1.83. The maximum Gasteiger partial charge on any atom is 0.219 e. The van der Waals surface area contributed by atoms with Crippen molar-refractivity contribution in [2.75, 3.05) is 39.3 Å². The zero-order valence-electron chi connectivity index (χ0n) is 13.3. The molecule has 2 heterocycles. The van der Waals surface area contributed by atoms with Crippen LogP contribution in [-0.4, -0.2) is 55.0 Å². The fourth-order valence-electron chi connectivity index (χ4n) is 2.80. The van der Waals surface area contributed by atoms with Gasteiger partial charge < -0.3 is 10.2 Å². The topological polar surface area (TPSA) is 35.6 Å². The first-order chi connectivity index (χ1) is 10.1. The lowest BCUT2D eigenvalue weighted by molar-refractivity contribution is -0.130. The highest BCUT2D eigenvalue weighted by atomic mass is 32.1. The van der Waals surface area contributed by atoms with Gasteiger partial charge in [0.2, 0.25) is 5.91 Å². The van der Waals surface area contributed by atoms with Gasteiger partial charge in [-0.25, -0.2) is 0 Å². The minimum Gasteiger partial charge on any atom is -0.340 e. The molecule has 5 heteroatoms. The van der Waals surface area contributed by atoms with E-state index in [0.717, 1.165) is 39.3 Å². The van der Waals surface area contributed by atoms with E-state index in [1.165, 1.54) is 4.88 Å². The molecular formula is C16H27N3OS. The summed E-state index contributed by atoms with van der Waals surface area (Å²) in [5.74, 6) is 0.795. The van der Waals surface area contributed by atoms with E-state index in [1.807, 2.05) is 16.2 Å². The zero-order chi connectivity index (χ0) is 15.2. The molecule has 1 aromatic heterocycles. The lowest BCUT2D eigenvalue weighted by Gasteiger charge is -2.34. The second kappa shape index (κ2) is 7.92. The Labute approximate surface area is 132 Å². The second-order valence-corrected chi connectivity index (χ2v) is 7.02. The van der Waals surface area contributed by atoms with Crippen molar-refractivity contribution in [2.24, 2.45) is 5.92 Å². The van der Waals surface area contributed by atoms with E-state index >= 15 is 0 Å². The van der Waals surface area contributed by atoms with Crippen LogP contribution in [-0.2, 0) is 4.79 Å². The predicted molar refractivity (Wildman–Crippen MR) is 88.6 cm³/mol. The monoisotopic (exact) mass is 309 g/mol. The molecule has 1 N–H and O–H groups in total. The van der Waals surface area contributed by atoms with Gasteiger partial charge in [0.1, 0.15) is 0 Å². The molecule has 1 aromatic rings. The molecule has 0 bridgehead atoms. The number of nitrogens with one attached hydrogen (secondary N) is 1. The summed E-state index contributed by atoms with van der Waals surface area (Å²) in [4.78, 5) is 17.1. The molecule has 1 aliphatic rings. The Hall–Kier alpha value is -0.910. The van der Waals surface area contributed by atoms with Crippen LogP contribution in [0.3, 0.4) is 0 Å². The number of thiophene rings is 1. The molecule has 1 saturated heterocycles. The lowest BCUT2D eigenvalue weighted by atomic mass is 10.0. The van der Waals surface area contributed by atoms with Crippen LogP contribution in [0, 0.1) is 5.92 Å². The van der Waals surface area contributed by atoms with E-state index in [4.69, 9.17) is 0 Å². The van der Waals surface area contributed by atoms with Crippen LogP contribution >= 0.6 is 11.3 Å². The Morgan fingerprint density at radius 3 is 2.57 bits per heavy atom. The number of carbonyl (C=O) groups excluding carboxylic acids is 1. The van der Waals surface area contributed by atoms with E-state index in [0.29, 0.717) is 12.0 Å². The van der Waals surface area contributed by atoms with Crippen molar-refractivity contribution >= 4 is 17.2 Å². The Balaban J connectivity index is 1.72. The summed E-state index contributed by atoms with van der Waals surface area (Å²) in [6.07, 6.45) is 0. The number of piperazine rings is 1. The maximum absolute atomic E-state index is 11.3. The minimum atomic E-state index is 0.199. The summed E-state index contributed by atoms with van der Waals surface area (Å²) in [6, 6.07) is 4.79. The third-order valence-electron chi connectivity index (χ3n) is 4.13. The highest BCUT2D eigenvalue weighted by Crippen LogP contribution is 2.25. The van der Waals surface area contributed by atoms with Crippen LogP contribution in [0.1, 0.15) is 31.7 Å². The number of hydrogen-bond acceptors (Lipinski definition) is 4. The minimum absolute atomic E-state index is 0.199. The normalized spacial score (nSPS) is 18.2. The number of hydrogen-bond donors (Lipinski definition) is 1. The molecule has 4 nitrogen and oxygen atoms in total. The van der Waals surface area contributed by atoms with Crippen LogP contribution in [0.15, 0.2) is 17.5 Å². The predicted octanol–water partition coefficient (Wildman–Crippen LogP) is 2.20. The Kier molecular flexibility index (Phi) is 6.21. The SMILES string of the molecule is CC(=O)N1CCN(CCN[C@@H](c2cccs2)C(C)C)CC1. The summed E-state index contributed by atoms with van der Waals surface area (Å²) in [7, 11) is 0. The Bertz CT molecular complexity index is 425. The van der Waals surface area contributed by atoms with Crippen molar-refractivity contribution in [3.05, 3.63) is 22.4 Å².